The van der Waals surface area contributed by atoms with Crippen LogP contribution < -0.4 is 28.4 Å². The van der Waals surface area contributed by atoms with Crippen molar-refractivity contribution >= 4 is 0 Å². The van der Waals surface area contributed by atoms with Crippen molar-refractivity contribution in [1.82, 2.24) is 0 Å². The van der Waals surface area contributed by atoms with Crippen LogP contribution in [0.25, 0.3) is 0 Å². The lowest BCUT2D eigenvalue weighted by atomic mass is 9.84. The third kappa shape index (κ3) is 3.21. The minimum atomic E-state index is -0.125. The third-order valence-electron chi connectivity index (χ3n) is 6.29. The zero-order valence-corrected chi connectivity index (χ0v) is 18.0. The van der Waals surface area contributed by atoms with Gasteiger partial charge in [-0.2, -0.15) is 0 Å². The molecule has 0 aromatic heterocycles. The van der Waals surface area contributed by atoms with Crippen LogP contribution in [-0.4, -0.2) is 48.4 Å². The molecular formula is C23H26O8. The van der Waals surface area contributed by atoms with Crippen LogP contribution in [0.5, 0.6) is 34.5 Å². The van der Waals surface area contributed by atoms with Crippen molar-refractivity contribution in [3.05, 3.63) is 35.4 Å². The molecule has 31 heavy (non-hydrogen) atoms. The smallest absolute Gasteiger partial charge is 0.231 e. The molecule has 3 aliphatic heterocycles. The van der Waals surface area contributed by atoms with Crippen LogP contribution in [0.3, 0.4) is 0 Å². The standard InChI is InChI=1S/C23H26O8/c1-24-16-5-12(6-17(25-2)22(16)27-4)20-14-9-29-21(15(14)10-28-20)13-7-18(26-3)23-19(8-13)30-11-31-23/h5-8,14-15,20-21H,9-11H2,1-4H3/t14-,15-,20?,21?/m0/s1. The second-order valence-corrected chi connectivity index (χ2v) is 7.75. The Bertz CT molecular complexity index is 949. The second-order valence-electron chi connectivity index (χ2n) is 7.75. The summed E-state index contributed by atoms with van der Waals surface area (Å²) < 4.78 is 45.6. The summed E-state index contributed by atoms with van der Waals surface area (Å²) in [6, 6.07) is 7.84. The molecule has 166 valence electrons. The van der Waals surface area contributed by atoms with Gasteiger partial charge in [0.05, 0.1) is 53.9 Å². The molecule has 2 saturated heterocycles. The van der Waals surface area contributed by atoms with Gasteiger partial charge in [0.2, 0.25) is 18.3 Å². The second kappa shape index (κ2) is 8.01. The van der Waals surface area contributed by atoms with Gasteiger partial charge in [-0.3, -0.25) is 0 Å². The van der Waals surface area contributed by atoms with Crippen LogP contribution in [0.4, 0.5) is 0 Å². The summed E-state index contributed by atoms with van der Waals surface area (Å²) in [6.07, 6.45) is -0.236. The van der Waals surface area contributed by atoms with E-state index in [1.54, 1.807) is 28.4 Å². The van der Waals surface area contributed by atoms with Gasteiger partial charge < -0.3 is 37.9 Å². The van der Waals surface area contributed by atoms with Crippen molar-refractivity contribution < 1.29 is 37.9 Å². The van der Waals surface area contributed by atoms with Crippen molar-refractivity contribution in [3.8, 4) is 34.5 Å². The van der Waals surface area contributed by atoms with E-state index in [2.05, 4.69) is 0 Å². The molecule has 8 nitrogen and oxygen atoms in total. The molecule has 8 heteroatoms. The van der Waals surface area contributed by atoms with Crippen molar-refractivity contribution in [2.45, 2.75) is 12.2 Å². The lowest BCUT2D eigenvalue weighted by Crippen LogP contribution is -2.15. The molecule has 0 spiro atoms. The predicted molar refractivity (Wildman–Crippen MR) is 110 cm³/mol. The zero-order valence-electron chi connectivity index (χ0n) is 18.0. The quantitative estimate of drug-likeness (QED) is 0.689. The average Bonchev–Trinajstić information content (AvgIpc) is 3.53. The fourth-order valence-corrected chi connectivity index (χ4v) is 4.81. The van der Waals surface area contributed by atoms with E-state index in [9.17, 15) is 0 Å². The SMILES string of the molecule is COc1cc(C2OC[C@@H]3C(c4cc(OC)c5c(c4)OCO5)OC[C@H]23)cc(OC)c1OC. The van der Waals surface area contributed by atoms with E-state index in [-0.39, 0.29) is 30.8 Å². The van der Waals surface area contributed by atoms with Crippen molar-refractivity contribution in [2.75, 3.05) is 48.4 Å². The van der Waals surface area contributed by atoms with Gasteiger partial charge in [0.25, 0.3) is 0 Å². The highest BCUT2D eigenvalue weighted by Gasteiger charge is 2.48. The number of hydrogen-bond donors (Lipinski definition) is 0. The van der Waals surface area contributed by atoms with Crippen LogP contribution in [0.2, 0.25) is 0 Å². The number of hydrogen-bond acceptors (Lipinski definition) is 8. The van der Waals surface area contributed by atoms with Gasteiger partial charge in [0.1, 0.15) is 0 Å². The maximum absolute atomic E-state index is 6.26. The Morgan fingerprint density at radius 2 is 1.23 bits per heavy atom. The summed E-state index contributed by atoms with van der Waals surface area (Å²) in [5.41, 5.74) is 1.98. The minimum Gasteiger partial charge on any atom is -0.493 e. The highest BCUT2D eigenvalue weighted by Crippen LogP contribution is 2.54. The van der Waals surface area contributed by atoms with E-state index in [4.69, 9.17) is 37.9 Å². The summed E-state index contributed by atoms with van der Waals surface area (Å²) in [6.45, 7) is 1.37. The summed E-state index contributed by atoms with van der Waals surface area (Å²) in [5, 5.41) is 0. The molecule has 4 atom stereocenters. The van der Waals surface area contributed by atoms with Gasteiger partial charge in [-0.15, -0.1) is 0 Å². The van der Waals surface area contributed by atoms with E-state index in [0.717, 1.165) is 11.1 Å². The molecule has 0 amide bonds. The molecule has 0 aliphatic carbocycles. The molecule has 3 aliphatic rings. The lowest BCUT2D eigenvalue weighted by molar-refractivity contribution is 0.0190. The molecule has 3 heterocycles. The Morgan fingerprint density at radius 3 is 1.77 bits per heavy atom. The number of methoxy groups -OCH3 is 4. The number of rotatable bonds is 6. The Kier molecular flexibility index (Phi) is 5.19. The maximum atomic E-state index is 6.26. The van der Waals surface area contributed by atoms with Crippen LogP contribution in [0, 0.1) is 11.8 Å². The normalized spacial score (nSPS) is 25.9. The maximum Gasteiger partial charge on any atom is 0.231 e. The van der Waals surface area contributed by atoms with E-state index in [1.807, 2.05) is 24.3 Å². The molecule has 0 saturated carbocycles. The Balaban J connectivity index is 1.44. The number of fused-ring (bicyclic) bond motifs is 2. The number of benzene rings is 2. The first-order valence-corrected chi connectivity index (χ1v) is 10.2. The fourth-order valence-electron chi connectivity index (χ4n) is 4.81. The summed E-state index contributed by atoms with van der Waals surface area (Å²) >= 11 is 0. The number of ether oxygens (including phenoxy) is 8. The van der Waals surface area contributed by atoms with Crippen LogP contribution in [0.15, 0.2) is 24.3 Å². The first kappa shape index (κ1) is 20.1. The molecule has 0 bridgehead atoms. The van der Waals surface area contributed by atoms with E-state index in [1.165, 1.54) is 0 Å². The molecule has 2 fully saturated rings. The minimum absolute atomic E-state index is 0.111. The average molecular weight is 430 g/mol. The Hall–Kier alpha value is -2.84. The molecule has 5 rings (SSSR count). The van der Waals surface area contributed by atoms with Crippen molar-refractivity contribution in [2.24, 2.45) is 11.8 Å². The van der Waals surface area contributed by atoms with Crippen LogP contribution in [-0.2, 0) is 9.47 Å². The van der Waals surface area contributed by atoms with Crippen molar-refractivity contribution in [1.29, 1.82) is 0 Å². The summed E-state index contributed by atoms with van der Waals surface area (Å²) in [7, 11) is 6.44. The molecule has 0 N–H and O–H groups in total. The topological polar surface area (TPSA) is 73.8 Å². The first-order chi connectivity index (χ1) is 15.2. The molecular weight excluding hydrogens is 404 g/mol. The largest absolute Gasteiger partial charge is 0.493 e. The third-order valence-corrected chi connectivity index (χ3v) is 6.29. The summed E-state index contributed by atoms with van der Waals surface area (Å²) in [4.78, 5) is 0. The molecule has 2 aromatic carbocycles. The molecule has 0 radical (unpaired) electrons. The van der Waals surface area contributed by atoms with Gasteiger partial charge in [0, 0.05) is 11.8 Å². The highest BCUT2D eigenvalue weighted by molar-refractivity contribution is 5.56. The van der Waals surface area contributed by atoms with E-state index < -0.39 is 0 Å². The van der Waals surface area contributed by atoms with Gasteiger partial charge in [-0.25, -0.2) is 0 Å². The lowest BCUT2D eigenvalue weighted by Gasteiger charge is -2.20. The van der Waals surface area contributed by atoms with E-state index in [0.29, 0.717) is 47.7 Å². The molecule has 2 aromatic rings. The molecule has 2 unspecified atom stereocenters. The predicted octanol–water partition coefficient (Wildman–Crippen LogP) is 3.52. The van der Waals surface area contributed by atoms with Gasteiger partial charge in [-0.05, 0) is 35.4 Å². The first-order valence-electron chi connectivity index (χ1n) is 10.2. The van der Waals surface area contributed by atoms with Crippen molar-refractivity contribution in [3.63, 3.8) is 0 Å². The summed E-state index contributed by atoms with van der Waals surface area (Å²) in [5.74, 6) is 4.16. The van der Waals surface area contributed by atoms with Gasteiger partial charge in [0.15, 0.2) is 23.0 Å². The van der Waals surface area contributed by atoms with Crippen LogP contribution in [0.1, 0.15) is 23.3 Å². The van der Waals surface area contributed by atoms with Gasteiger partial charge in [-0.1, -0.05) is 0 Å². The monoisotopic (exact) mass is 430 g/mol. The Labute approximate surface area is 180 Å². The van der Waals surface area contributed by atoms with E-state index >= 15 is 0 Å². The zero-order chi connectivity index (χ0) is 21.5. The fraction of sp³-hybridized carbons (Fsp3) is 0.478. The Morgan fingerprint density at radius 1 is 0.677 bits per heavy atom. The highest BCUT2D eigenvalue weighted by atomic mass is 16.7. The van der Waals surface area contributed by atoms with Gasteiger partial charge >= 0.3 is 0 Å². The van der Waals surface area contributed by atoms with Crippen LogP contribution >= 0.6 is 0 Å².